The second-order valence-corrected chi connectivity index (χ2v) is 6.08. The van der Waals surface area contributed by atoms with Gasteiger partial charge in [0.25, 0.3) is 0 Å². The number of rotatable bonds is 4. The van der Waals surface area contributed by atoms with E-state index in [2.05, 4.69) is 10.2 Å². The first-order chi connectivity index (χ1) is 12.0. The van der Waals surface area contributed by atoms with E-state index in [9.17, 15) is 9.18 Å². The van der Waals surface area contributed by atoms with E-state index in [1.165, 1.54) is 18.2 Å². The Morgan fingerprint density at radius 2 is 2.12 bits per heavy atom. The molecule has 2 aromatic rings. The molecule has 1 N–H and O–H groups in total. The molecule has 0 aliphatic carbocycles. The van der Waals surface area contributed by atoms with Crippen LogP contribution in [-0.4, -0.2) is 26.1 Å². The van der Waals surface area contributed by atoms with Crippen LogP contribution in [0.25, 0.3) is 6.08 Å². The monoisotopic (exact) mass is 340 g/mol. The molecule has 130 valence electrons. The Morgan fingerprint density at radius 1 is 1.32 bits per heavy atom. The summed E-state index contributed by atoms with van der Waals surface area (Å²) in [5.41, 5.74) is 2.40. The van der Waals surface area contributed by atoms with Gasteiger partial charge >= 0.3 is 0 Å². The quantitative estimate of drug-likeness (QED) is 0.866. The van der Waals surface area contributed by atoms with Gasteiger partial charge in [0, 0.05) is 18.7 Å². The molecule has 0 bridgehead atoms. The minimum absolute atomic E-state index is 0.168. The van der Waals surface area contributed by atoms with E-state index in [0.717, 1.165) is 23.5 Å². The lowest BCUT2D eigenvalue weighted by atomic mass is 10.1. The maximum absolute atomic E-state index is 13.6. The topological polar surface area (TPSA) is 41.6 Å². The number of fused-ring (bicyclic) bond motifs is 1. The lowest BCUT2D eigenvalue weighted by Gasteiger charge is -2.28. The normalized spacial score (nSPS) is 14.8. The van der Waals surface area contributed by atoms with Crippen LogP contribution in [0.3, 0.4) is 0 Å². The summed E-state index contributed by atoms with van der Waals surface area (Å²) in [5, 5.41) is 2.90. The van der Waals surface area contributed by atoms with Gasteiger partial charge in [-0.25, -0.2) is 4.39 Å². The van der Waals surface area contributed by atoms with Crippen molar-refractivity contribution in [3.8, 4) is 5.75 Å². The number of hydrogen-bond donors (Lipinski definition) is 1. The van der Waals surface area contributed by atoms with Crippen molar-refractivity contribution < 1.29 is 13.9 Å². The second-order valence-electron chi connectivity index (χ2n) is 6.08. The highest BCUT2D eigenvalue weighted by Gasteiger charge is 2.17. The molecular weight excluding hydrogens is 319 g/mol. The van der Waals surface area contributed by atoms with Crippen LogP contribution in [0.2, 0.25) is 0 Å². The molecule has 1 unspecified atom stereocenters. The van der Waals surface area contributed by atoms with E-state index >= 15 is 0 Å². The predicted molar refractivity (Wildman–Crippen MR) is 97.2 cm³/mol. The van der Waals surface area contributed by atoms with Crippen LogP contribution in [0, 0.1) is 5.82 Å². The van der Waals surface area contributed by atoms with Crippen molar-refractivity contribution in [1.82, 2.24) is 5.32 Å². The number of benzene rings is 2. The molecular formula is C20H21FN2O2. The Kier molecular flexibility index (Phi) is 5.03. The molecule has 0 saturated carbocycles. The molecule has 1 aliphatic heterocycles. The summed E-state index contributed by atoms with van der Waals surface area (Å²) in [5.74, 6) is 0.242. The van der Waals surface area contributed by atoms with Gasteiger partial charge in [0.15, 0.2) is 0 Å². The molecule has 2 aromatic carbocycles. The van der Waals surface area contributed by atoms with Crippen molar-refractivity contribution in [3.05, 3.63) is 65.5 Å². The van der Waals surface area contributed by atoms with Gasteiger partial charge in [-0.05, 0) is 36.8 Å². The molecule has 0 fully saturated rings. The minimum Gasteiger partial charge on any atom is -0.490 e. The zero-order chi connectivity index (χ0) is 17.8. The molecule has 0 aromatic heterocycles. The molecule has 0 spiro atoms. The largest absolute Gasteiger partial charge is 0.490 e. The van der Waals surface area contributed by atoms with Gasteiger partial charge in [0.1, 0.15) is 18.2 Å². The van der Waals surface area contributed by atoms with Crippen LogP contribution >= 0.6 is 0 Å². The first kappa shape index (κ1) is 17.0. The maximum Gasteiger partial charge on any atom is 0.244 e. The molecule has 1 atom stereocenters. The Bertz CT molecular complexity index is 804. The van der Waals surface area contributed by atoms with Crippen molar-refractivity contribution in [2.24, 2.45) is 0 Å². The molecule has 1 amide bonds. The number of nitrogens with zero attached hydrogens (tertiary/aromatic N) is 1. The number of ether oxygens (including phenoxy) is 1. The van der Waals surface area contributed by atoms with Crippen LogP contribution in [0.5, 0.6) is 5.75 Å². The number of nitrogens with one attached hydrogen (secondary N) is 1. The van der Waals surface area contributed by atoms with Crippen molar-refractivity contribution in [1.29, 1.82) is 0 Å². The van der Waals surface area contributed by atoms with Crippen molar-refractivity contribution >= 4 is 17.7 Å². The van der Waals surface area contributed by atoms with Gasteiger partial charge in [-0.2, -0.15) is 0 Å². The Hall–Kier alpha value is -2.82. The first-order valence-corrected chi connectivity index (χ1v) is 8.25. The van der Waals surface area contributed by atoms with Crippen molar-refractivity contribution in [2.75, 3.05) is 25.1 Å². The molecule has 0 radical (unpaired) electrons. The fraction of sp³-hybridized carbons (Fsp3) is 0.250. The molecule has 25 heavy (non-hydrogen) atoms. The van der Waals surface area contributed by atoms with Crippen LogP contribution in [0.15, 0.2) is 48.5 Å². The standard InChI is InChI=1S/C20H21FN2O2/c1-14(16-7-9-19-18(13-16)23(2)11-12-25-19)22-20(24)10-8-15-5-3-4-6-17(15)21/h3-10,13-14H,11-12H2,1-2H3,(H,22,24)/b10-8+. The minimum atomic E-state index is -0.350. The third-order valence-electron chi connectivity index (χ3n) is 4.26. The Balaban J connectivity index is 1.68. The van der Waals surface area contributed by atoms with Gasteiger partial charge in [0.2, 0.25) is 5.91 Å². The number of hydrogen-bond acceptors (Lipinski definition) is 3. The lowest BCUT2D eigenvalue weighted by molar-refractivity contribution is -0.117. The number of halogens is 1. The van der Waals surface area contributed by atoms with Gasteiger partial charge in [-0.15, -0.1) is 0 Å². The smallest absolute Gasteiger partial charge is 0.244 e. The Labute approximate surface area is 146 Å². The molecule has 5 heteroatoms. The highest BCUT2D eigenvalue weighted by atomic mass is 19.1. The van der Waals surface area contributed by atoms with Gasteiger partial charge in [-0.3, -0.25) is 4.79 Å². The fourth-order valence-corrected chi connectivity index (χ4v) is 2.76. The SMILES string of the molecule is CC(NC(=O)/C=C/c1ccccc1F)c1ccc2c(c1)N(C)CCO2. The summed E-state index contributed by atoms with van der Waals surface area (Å²) in [7, 11) is 2.02. The van der Waals surface area contributed by atoms with Gasteiger partial charge in [-0.1, -0.05) is 24.3 Å². The van der Waals surface area contributed by atoms with E-state index in [1.807, 2.05) is 32.2 Å². The average Bonchev–Trinajstić information content (AvgIpc) is 2.61. The molecule has 1 heterocycles. The molecule has 3 rings (SSSR count). The van der Waals surface area contributed by atoms with E-state index < -0.39 is 0 Å². The number of amides is 1. The number of carbonyl (C=O) groups excluding carboxylic acids is 1. The van der Waals surface area contributed by atoms with Crippen LogP contribution < -0.4 is 15.0 Å². The first-order valence-electron chi connectivity index (χ1n) is 8.25. The summed E-state index contributed by atoms with van der Waals surface area (Å²) in [6.07, 6.45) is 2.83. The zero-order valence-electron chi connectivity index (χ0n) is 14.3. The van der Waals surface area contributed by atoms with Gasteiger partial charge in [0.05, 0.1) is 18.3 Å². The van der Waals surface area contributed by atoms with Gasteiger partial charge < -0.3 is 15.0 Å². The fourth-order valence-electron chi connectivity index (χ4n) is 2.76. The van der Waals surface area contributed by atoms with Crippen LogP contribution in [0.1, 0.15) is 24.1 Å². The van der Waals surface area contributed by atoms with E-state index in [1.54, 1.807) is 18.2 Å². The number of anilines is 1. The number of likely N-dealkylation sites (N-methyl/N-ethyl adjacent to an activating group) is 1. The summed E-state index contributed by atoms with van der Waals surface area (Å²) in [4.78, 5) is 14.2. The third-order valence-corrected chi connectivity index (χ3v) is 4.26. The molecule has 1 aliphatic rings. The highest BCUT2D eigenvalue weighted by molar-refractivity contribution is 5.92. The summed E-state index contributed by atoms with van der Waals surface area (Å²) in [6.45, 7) is 3.43. The second kappa shape index (κ2) is 7.38. The summed E-state index contributed by atoms with van der Waals surface area (Å²) >= 11 is 0. The maximum atomic E-state index is 13.6. The van der Waals surface area contributed by atoms with Crippen molar-refractivity contribution in [2.45, 2.75) is 13.0 Å². The molecule has 0 saturated heterocycles. The van der Waals surface area contributed by atoms with E-state index in [4.69, 9.17) is 4.74 Å². The van der Waals surface area contributed by atoms with E-state index in [0.29, 0.717) is 12.2 Å². The van der Waals surface area contributed by atoms with Crippen LogP contribution in [-0.2, 0) is 4.79 Å². The number of carbonyl (C=O) groups is 1. The van der Waals surface area contributed by atoms with Crippen LogP contribution in [0.4, 0.5) is 10.1 Å². The summed E-state index contributed by atoms with van der Waals surface area (Å²) in [6, 6.07) is 12.1. The lowest BCUT2D eigenvalue weighted by Crippen LogP contribution is -2.29. The van der Waals surface area contributed by atoms with Crippen molar-refractivity contribution in [3.63, 3.8) is 0 Å². The predicted octanol–water partition coefficient (Wildman–Crippen LogP) is 3.54. The average molecular weight is 340 g/mol. The third kappa shape index (κ3) is 3.99. The summed E-state index contributed by atoms with van der Waals surface area (Å²) < 4.78 is 19.2. The van der Waals surface area contributed by atoms with E-state index in [-0.39, 0.29) is 17.8 Å². The zero-order valence-corrected chi connectivity index (χ0v) is 14.3. The molecule has 4 nitrogen and oxygen atoms in total. The highest BCUT2D eigenvalue weighted by Crippen LogP contribution is 2.33. The Morgan fingerprint density at radius 3 is 2.92 bits per heavy atom.